The molecule has 14 rings (SSSR count). The fraction of sp³-hybridized carbons (Fsp3) is 0.943. The minimum atomic E-state index is -0.455. The third-order valence-corrected chi connectivity index (χ3v) is 36.3. The van der Waals surface area contributed by atoms with E-state index in [1.165, 1.54) is 186 Å². The molecule has 0 aromatic heterocycles. The van der Waals surface area contributed by atoms with Gasteiger partial charge in [0.25, 0.3) is 0 Å². The predicted molar refractivity (Wildman–Crippen MR) is 570 cm³/mol. The van der Waals surface area contributed by atoms with Crippen LogP contribution in [0.1, 0.15) is 529 Å². The molecule has 6 bridgehead atoms. The molecule has 0 aromatic rings. The number of ether oxygens (including phenoxy) is 14. The number of carbonyl (C=O) groups excluding carboxylic acids is 7. The van der Waals surface area contributed by atoms with E-state index in [-0.39, 0.29) is 107 Å². The molecule has 13 unspecified atom stereocenters. The van der Waals surface area contributed by atoms with Crippen molar-refractivity contribution < 1.29 is 99.9 Å². The standard InChI is InChI=1S/C20H34O3.C18H30O3.C18H34O3.C17H30O3.C17H32O3.C16H28O3.C16H30O3/c1-6-20(4,5)19(21)23-18(12(2)3)22-17-11-13-10-16(17)15-9-7-8-14(13)15;1-5-17(2,3)15(19)21-16(20-4)18-9-12-6-13(10-18)8-14(7-12)11-18;1-7-18(5,6)16(19)21-15(13-17(2,3)4)20-14-11-9-8-10-12-14;1-4-17(2,3)16(18)20-15(13-9-5-6-10-13)19-14-11-7-8-12-14;1-7-17(5,6)14(18)20-15(16(2,3)4)19-13-11-9-8-10-12-13;1-5-15(3,4)13(17)19-14-16(11-12(2)18-14)9-7-6-8-10-16;1-5-16(3,4)15(17)19-13(2)18-12-11-14-9-7-6-8-10-14/h12-18H,6-11H2,1-5H3;12-14,16H,5-11H2,1-4H3;14-15H,7-13H2,1-6H3;13-15H,4-12H2,1-3H3;13,15H,7-12H2,1-6H3;12,14H,5-11H2,1-4H3;13-14H,5-12H2,1-4H3. The van der Waals surface area contributed by atoms with Crippen molar-refractivity contribution in [2.45, 2.75) is 604 Å². The molecule has 0 radical (unpaired) electrons. The first-order valence-electron chi connectivity index (χ1n) is 58.8. The lowest BCUT2D eigenvalue weighted by molar-refractivity contribution is -0.241. The highest BCUT2D eigenvalue weighted by molar-refractivity contribution is 5.78. The Morgan fingerprint density at radius 3 is 1.23 bits per heavy atom. The molecule has 1 saturated heterocycles. The lowest BCUT2D eigenvalue weighted by Gasteiger charge is -2.58. The van der Waals surface area contributed by atoms with Crippen molar-refractivity contribution in [1.82, 2.24) is 0 Å². The summed E-state index contributed by atoms with van der Waals surface area (Å²) >= 11 is 0. The van der Waals surface area contributed by atoms with Crippen molar-refractivity contribution in [3.05, 3.63) is 0 Å². The molecular formula is C122H218O21. The summed E-state index contributed by atoms with van der Waals surface area (Å²) in [7, 11) is 1.70. The fourth-order valence-corrected chi connectivity index (χ4v) is 23.8. The summed E-state index contributed by atoms with van der Waals surface area (Å²) in [6.45, 7) is 62.7. The molecule has 832 valence electrons. The summed E-state index contributed by atoms with van der Waals surface area (Å²) in [5, 5.41) is 0. The molecule has 0 N–H and O–H groups in total. The zero-order valence-electron chi connectivity index (χ0n) is 97.6. The van der Waals surface area contributed by atoms with Gasteiger partial charge in [-0.25, -0.2) is 0 Å². The number of methoxy groups -OCH3 is 1. The van der Waals surface area contributed by atoms with Crippen LogP contribution in [0.3, 0.4) is 0 Å². The molecule has 13 atom stereocenters. The number of rotatable bonds is 38. The van der Waals surface area contributed by atoms with Gasteiger partial charge >= 0.3 is 41.8 Å². The normalized spacial score (nSPS) is 27.2. The zero-order chi connectivity index (χ0) is 106. The molecule has 0 amide bonds. The maximum Gasteiger partial charge on any atom is 0.313 e. The number of hydrogen-bond acceptors (Lipinski definition) is 21. The Balaban J connectivity index is 0.000000227. The van der Waals surface area contributed by atoms with Crippen molar-refractivity contribution in [1.29, 1.82) is 0 Å². The lowest BCUT2D eigenvalue weighted by atomic mass is 9.49. The molecule has 143 heavy (non-hydrogen) atoms. The average Bonchev–Trinajstić information content (AvgIpc) is 1.67. The summed E-state index contributed by atoms with van der Waals surface area (Å²) in [5.41, 5.74) is -2.89. The molecule has 13 saturated carbocycles. The Morgan fingerprint density at radius 1 is 0.378 bits per heavy atom. The second-order valence-corrected chi connectivity index (χ2v) is 54.1. The van der Waals surface area contributed by atoms with E-state index in [4.69, 9.17) is 66.3 Å². The smallest absolute Gasteiger partial charge is 0.313 e. The molecule has 1 aliphatic heterocycles. The van der Waals surface area contributed by atoms with E-state index in [1.807, 2.05) is 152 Å². The van der Waals surface area contributed by atoms with Gasteiger partial charge in [0.15, 0.2) is 6.29 Å². The van der Waals surface area contributed by atoms with Crippen molar-refractivity contribution in [2.75, 3.05) is 13.7 Å². The van der Waals surface area contributed by atoms with Gasteiger partial charge in [0, 0.05) is 41.6 Å². The Bertz CT molecular complexity index is 3690. The largest absolute Gasteiger partial charge is 0.436 e. The van der Waals surface area contributed by atoms with Crippen LogP contribution in [0.15, 0.2) is 0 Å². The van der Waals surface area contributed by atoms with Crippen LogP contribution in [-0.2, 0) is 99.9 Å². The Kier molecular flexibility index (Phi) is 50.3. The van der Waals surface area contributed by atoms with Gasteiger partial charge in [-0.15, -0.1) is 0 Å². The SMILES string of the molecule is CCC(C)(C)C(=O)OC(C)OCCC1CCCCC1.CCC(C)(C)C(=O)OC(CC(C)(C)C)OC1CCCCC1.CCC(C)(C)C(=O)OC(OC)C12CC3CC(CC(C3)C1)C2.CCC(C)(C)C(=O)OC(OC1CC2CC1C1CCCC21)C(C)C.CCC(C)(C)C(=O)OC(OC1CCCC1)C1CCCC1.CCC(C)(C)C(=O)OC(OC1CCCCC1)C(C)(C)C.CCC(C)(C)C(=O)OC1OC(C)CC12CCCCC2. The molecular weight excluding hydrogens is 1800 g/mol. The quantitative estimate of drug-likeness (QED) is 0.0316. The van der Waals surface area contributed by atoms with Crippen LogP contribution in [-0.4, -0.2) is 130 Å². The first kappa shape index (κ1) is 126. The van der Waals surface area contributed by atoms with Crippen LogP contribution >= 0.6 is 0 Å². The Hall–Kier alpha value is -3.99. The summed E-state index contributed by atoms with van der Waals surface area (Å²) in [6.07, 6.45) is 55.7. The molecule has 0 aromatic carbocycles. The summed E-state index contributed by atoms with van der Waals surface area (Å²) < 4.78 is 82.0. The second-order valence-electron chi connectivity index (χ2n) is 54.1. The van der Waals surface area contributed by atoms with Crippen molar-refractivity contribution >= 4 is 41.8 Å². The van der Waals surface area contributed by atoms with Crippen LogP contribution in [0.2, 0.25) is 0 Å². The van der Waals surface area contributed by atoms with Crippen LogP contribution in [0.4, 0.5) is 0 Å². The topological polar surface area (TPSA) is 249 Å². The van der Waals surface area contributed by atoms with Crippen LogP contribution in [0.5, 0.6) is 0 Å². The van der Waals surface area contributed by atoms with E-state index < -0.39 is 63.1 Å². The highest BCUT2D eigenvalue weighted by Crippen LogP contribution is 2.63. The molecule has 1 spiro atoms. The number of carbonyl (C=O) groups is 7. The van der Waals surface area contributed by atoms with E-state index in [9.17, 15) is 33.6 Å². The van der Waals surface area contributed by atoms with E-state index in [0.29, 0.717) is 30.7 Å². The van der Waals surface area contributed by atoms with Crippen molar-refractivity contribution in [3.63, 3.8) is 0 Å². The summed E-state index contributed by atoms with van der Waals surface area (Å²) in [5.74, 6) is 6.47. The summed E-state index contributed by atoms with van der Waals surface area (Å²) in [6, 6.07) is 0. The number of fused-ring (bicyclic) bond motifs is 5. The molecule has 21 nitrogen and oxygen atoms in total. The predicted octanol–water partition coefficient (Wildman–Crippen LogP) is 31.5. The zero-order valence-corrected chi connectivity index (χ0v) is 97.6. The van der Waals surface area contributed by atoms with Gasteiger partial charge in [0.05, 0.1) is 75.0 Å². The van der Waals surface area contributed by atoms with Crippen molar-refractivity contribution in [2.24, 2.45) is 119 Å². The van der Waals surface area contributed by atoms with E-state index >= 15 is 0 Å². The molecule has 1 heterocycles. The average molecular weight is 2020 g/mol. The van der Waals surface area contributed by atoms with Gasteiger partial charge in [-0.3, -0.25) is 33.6 Å². The van der Waals surface area contributed by atoms with Crippen molar-refractivity contribution in [3.8, 4) is 0 Å². The van der Waals surface area contributed by atoms with E-state index in [0.717, 1.165) is 170 Å². The van der Waals surface area contributed by atoms with E-state index in [1.54, 1.807) is 7.11 Å². The molecule has 14 fully saturated rings. The number of hydrogen-bond donors (Lipinski definition) is 0. The van der Waals surface area contributed by atoms with Crippen LogP contribution < -0.4 is 0 Å². The minimum absolute atomic E-state index is 0.0793. The van der Waals surface area contributed by atoms with Crippen LogP contribution in [0, 0.1) is 119 Å². The monoisotopic (exact) mass is 2020 g/mol. The number of esters is 7. The van der Waals surface area contributed by atoms with Crippen LogP contribution in [0.25, 0.3) is 0 Å². The van der Waals surface area contributed by atoms with E-state index in [2.05, 4.69) is 62.3 Å². The molecule has 21 heteroatoms. The highest BCUT2D eigenvalue weighted by atomic mass is 16.7. The Labute approximate surface area is 873 Å². The lowest BCUT2D eigenvalue weighted by Crippen LogP contribution is -2.54. The van der Waals surface area contributed by atoms with Gasteiger partial charge in [-0.05, 0) is 350 Å². The maximum atomic E-state index is 12.5. The minimum Gasteiger partial charge on any atom is -0.436 e. The third-order valence-electron chi connectivity index (χ3n) is 36.3. The molecule has 14 aliphatic rings. The molecule has 13 aliphatic carbocycles. The Morgan fingerprint density at radius 2 is 0.776 bits per heavy atom. The van der Waals surface area contributed by atoms with Gasteiger partial charge < -0.3 is 66.3 Å². The maximum absolute atomic E-state index is 12.5. The second kappa shape index (κ2) is 57.1. The fourth-order valence-electron chi connectivity index (χ4n) is 23.8. The third kappa shape index (κ3) is 39.0. The highest BCUT2D eigenvalue weighted by Gasteiger charge is 2.59. The van der Waals surface area contributed by atoms with Gasteiger partial charge in [0.1, 0.15) is 0 Å². The first-order chi connectivity index (χ1) is 66.9. The van der Waals surface area contributed by atoms with Gasteiger partial charge in [0.2, 0.25) is 37.7 Å². The van der Waals surface area contributed by atoms with Gasteiger partial charge in [-0.1, -0.05) is 226 Å². The first-order valence-corrected chi connectivity index (χ1v) is 58.8. The summed E-state index contributed by atoms with van der Waals surface area (Å²) in [4.78, 5) is 86.0. The van der Waals surface area contributed by atoms with Gasteiger partial charge in [-0.2, -0.15) is 0 Å².